The molecule has 0 saturated heterocycles. The van der Waals surface area contributed by atoms with Crippen LogP contribution in [0.1, 0.15) is 0 Å². The molecule has 10 heavy (non-hydrogen) atoms. The van der Waals surface area contributed by atoms with Crippen molar-refractivity contribution in [3.05, 3.63) is 24.3 Å². The molecule has 2 rings (SSSR count). The summed E-state index contributed by atoms with van der Waals surface area (Å²) in [6.45, 7) is 0. The number of fused-ring (bicyclic) bond motifs is 1. The number of ketones is 1. The quantitative estimate of drug-likeness (QED) is 0.458. The third-order valence-electron chi connectivity index (χ3n) is 2.00. The molecule has 0 radical (unpaired) electrons. The number of hydrogen-bond donors (Lipinski definition) is 2. The Kier molecular flexibility index (Phi) is 0.720. The van der Waals surface area contributed by atoms with E-state index in [1.165, 1.54) is 12.2 Å². The second-order valence-electron chi connectivity index (χ2n) is 2.58. The average Bonchev–Trinajstić information content (AvgIpc) is 2.35. The summed E-state index contributed by atoms with van der Waals surface area (Å²) in [5.74, 6) is -0.537. The Morgan fingerprint density at radius 3 is 1.80 bits per heavy atom. The zero-order chi connectivity index (χ0) is 7.41. The molecular formula is C7H6O3. The van der Waals surface area contributed by atoms with Crippen molar-refractivity contribution in [3.8, 4) is 0 Å². The average molecular weight is 138 g/mol. The minimum absolute atomic E-state index is 0.537. The molecule has 2 N–H and O–H groups in total. The van der Waals surface area contributed by atoms with Gasteiger partial charge in [0.2, 0.25) is 5.78 Å². The van der Waals surface area contributed by atoms with E-state index in [0.717, 1.165) is 0 Å². The molecule has 2 atom stereocenters. The van der Waals surface area contributed by atoms with Crippen molar-refractivity contribution in [2.45, 2.75) is 11.2 Å². The lowest BCUT2D eigenvalue weighted by Crippen LogP contribution is -2.22. The van der Waals surface area contributed by atoms with Crippen LogP contribution in [0.15, 0.2) is 24.3 Å². The van der Waals surface area contributed by atoms with Crippen molar-refractivity contribution in [2.75, 3.05) is 0 Å². The molecule has 3 heteroatoms. The van der Waals surface area contributed by atoms with Crippen LogP contribution in [0, 0.1) is 0 Å². The van der Waals surface area contributed by atoms with E-state index in [9.17, 15) is 15.0 Å². The summed E-state index contributed by atoms with van der Waals surface area (Å²) in [5, 5.41) is 18.5. The van der Waals surface area contributed by atoms with Gasteiger partial charge in [-0.15, -0.1) is 0 Å². The molecule has 0 aliphatic heterocycles. The van der Waals surface area contributed by atoms with E-state index in [4.69, 9.17) is 0 Å². The summed E-state index contributed by atoms with van der Waals surface area (Å²) in [4.78, 5) is 10.8. The molecular weight excluding hydrogens is 132 g/mol. The van der Waals surface area contributed by atoms with Crippen LogP contribution in [0.3, 0.4) is 0 Å². The van der Waals surface area contributed by atoms with E-state index in [0.29, 0.717) is 0 Å². The summed E-state index contributed by atoms with van der Waals surface area (Å²) in [5.41, 5.74) is -3.22. The van der Waals surface area contributed by atoms with Gasteiger partial charge in [-0.3, -0.25) is 4.79 Å². The van der Waals surface area contributed by atoms with Gasteiger partial charge >= 0.3 is 0 Å². The Morgan fingerprint density at radius 2 is 1.50 bits per heavy atom. The number of carbonyl (C=O) groups is 1. The van der Waals surface area contributed by atoms with E-state index in [1.54, 1.807) is 12.2 Å². The van der Waals surface area contributed by atoms with Crippen LogP contribution in [0.25, 0.3) is 0 Å². The Balaban J connectivity index is 2.53. The van der Waals surface area contributed by atoms with E-state index >= 15 is 0 Å². The van der Waals surface area contributed by atoms with Crippen molar-refractivity contribution >= 4 is 5.78 Å². The molecule has 2 aliphatic rings. The van der Waals surface area contributed by atoms with Gasteiger partial charge in [0, 0.05) is 0 Å². The number of aliphatic hydroxyl groups is 2. The lowest BCUT2D eigenvalue weighted by molar-refractivity contribution is -0.116. The minimum Gasteiger partial charge on any atom is -0.374 e. The van der Waals surface area contributed by atoms with Crippen LogP contribution in [0.2, 0.25) is 0 Å². The first-order valence-corrected chi connectivity index (χ1v) is 2.98. The molecule has 52 valence electrons. The standard InChI is InChI=1S/C7H6O3/c8-5-6(9)3-1-2-4-7(5,6)10/h1-4,9-10H. The van der Waals surface area contributed by atoms with Gasteiger partial charge in [0.05, 0.1) is 0 Å². The molecule has 0 bridgehead atoms. The maximum Gasteiger partial charge on any atom is 0.211 e. The summed E-state index contributed by atoms with van der Waals surface area (Å²) in [6.07, 6.45) is 5.68. The van der Waals surface area contributed by atoms with Crippen molar-refractivity contribution in [1.82, 2.24) is 0 Å². The Bertz CT molecular complexity index is 240. The van der Waals surface area contributed by atoms with Gasteiger partial charge in [0.15, 0.2) is 11.2 Å². The fourth-order valence-corrected chi connectivity index (χ4v) is 1.18. The smallest absolute Gasteiger partial charge is 0.211 e. The van der Waals surface area contributed by atoms with Gasteiger partial charge in [-0.25, -0.2) is 0 Å². The third kappa shape index (κ3) is 0.355. The van der Waals surface area contributed by atoms with Gasteiger partial charge in [-0.05, 0) is 12.2 Å². The first kappa shape index (κ1) is 5.82. The van der Waals surface area contributed by atoms with Crippen LogP contribution in [0.4, 0.5) is 0 Å². The van der Waals surface area contributed by atoms with E-state index < -0.39 is 17.0 Å². The monoisotopic (exact) mass is 138 g/mol. The number of hydrogen-bond acceptors (Lipinski definition) is 3. The van der Waals surface area contributed by atoms with E-state index in [1.807, 2.05) is 0 Å². The molecule has 0 heterocycles. The number of carbonyl (C=O) groups excluding carboxylic acids is 1. The molecule has 0 aromatic rings. The summed E-state index contributed by atoms with van der Waals surface area (Å²) in [6, 6.07) is 0. The number of allylic oxidation sites excluding steroid dienone is 2. The topological polar surface area (TPSA) is 57.5 Å². The van der Waals surface area contributed by atoms with Gasteiger partial charge < -0.3 is 10.2 Å². The highest BCUT2D eigenvalue weighted by molar-refractivity contribution is 6.18. The van der Waals surface area contributed by atoms with Gasteiger partial charge in [-0.2, -0.15) is 0 Å². The van der Waals surface area contributed by atoms with Crippen LogP contribution in [0.5, 0.6) is 0 Å². The largest absolute Gasteiger partial charge is 0.374 e. The molecule has 0 amide bonds. The predicted molar refractivity (Wildman–Crippen MR) is 33.2 cm³/mol. The zero-order valence-corrected chi connectivity index (χ0v) is 5.11. The normalized spacial score (nSPS) is 49.2. The molecule has 2 unspecified atom stereocenters. The van der Waals surface area contributed by atoms with Crippen LogP contribution in [-0.4, -0.2) is 27.2 Å². The van der Waals surface area contributed by atoms with E-state index in [-0.39, 0.29) is 0 Å². The maximum atomic E-state index is 10.8. The van der Waals surface area contributed by atoms with Crippen molar-refractivity contribution < 1.29 is 15.0 Å². The lowest BCUT2D eigenvalue weighted by Gasteiger charge is -2.06. The highest BCUT2D eigenvalue weighted by Crippen LogP contribution is 2.47. The zero-order valence-electron chi connectivity index (χ0n) is 5.11. The summed E-state index contributed by atoms with van der Waals surface area (Å²) < 4.78 is 0. The number of Topliss-reactive ketones (excluding diaryl/α,β-unsaturated/α-hetero) is 1. The Labute approximate surface area is 57.3 Å². The van der Waals surface area contributed by atoms with Crippen LogP contribution in [-0.2, 0) is 4.79 Å². The third-order valence-corrected chi connectivity index (χ3v) is 2.00. The van der Waals surface area contributed by atoms with Crippen molar-refractivity contribution in [2.24, 2.45) is 0 Å². The van der Waals surface area contributed by atoms with Crippen molar-refractivity contribution in [1.29, 1.82) is 0 Å². The van der Waals surface area contributed by atoms with Gasteiger partial charge in [0.25, 0.3) is 0 Å². The Hall–Kier alpha value is -0.930. The molecule has 1 saturated carbocycles. The molecule has 0 aromatic carbocycles. The van der Waals surface area contributed by atoms with Crippen LogP contribution < -0.4 is 0 Å². The van der Waals surface area contributed by atoms with Gasteiger partial charge in [0.1, 0.15) is 0 Å². The summed E-state index contributed by atoms with van der Waals surface area (Å²) in [7, 11) is 0. The van der Waals surface area contributed by atoms with Gasteiger partial charge in [-0.1, -0.05) is 12.2 Å². The molecule has 1 fully saturated rings. The maximum absolute atomic E-state index is 10.8. The summed E-state index contributed by atoms with van der Waals surface area (Å²) >= 11 is 0. The first-order valence-electron chi connectivity index (χ1n) is 2.98. The minimum atomic E-state index is -1.61. The van der Waals surface area contributed by atoms with Crippen LogP contribution >= 0.6 is 0 Å². The molecule has 0 aromatic heterocycles. The highest BCUT2D eigenvalue weighted by atomic mass is 16.4. The SMILES string of the molecule is O=C1C2(O)C=CC=CC12O. The second kappa shape index (κ2) is 1.24. The van der Waals surface area contributed by atoms with E-state index in [2.05, 4.69) is 0 Å². The van der Waals surface area contributed by atoms with Crippen molar-refractivity contribution in [3.63, 3.8) is 0 Å². The predicted octanol–water partition coefficient (Wildman–Crippen LogP) is -0.843. The number of rotatable bonds is 0. The Morgan fingerprint density at radius 1 is 1.10 bits per heavy atom. The molecule has 2 aliphatic carbocycles. The molecule has 3 nitrogen and oxygen atoms in total. The highest BCUT2D eigenvalue weighted by Gasteiger charge is 2.75. The lowest BCUT2D eigenvalue weighted by atomic mass is 10.1. The second-order valence-corrected chi connectivity index (χ2v) is 2.58. The fourth-order valence-electron chi connectivity index (χ4n) is 1.18. The first-order chi connectivity index (χ1) is 4.61. The fraction of sp³-hybridized carbons (Fsp3) is 0.286. The molecule has 0 spiro atoms.